The van der Waals surface area contributed by atoms with Crippen LogP contribution in [0.3, 0.4) is 0 Å². The highest BCUT2D eigenvalue weighted by atomic mass is 32.2. The van der Waals surface area contributed by atoms with Gasteiger partial charge in [-0.3, -0.25) is 9.71 Å². The van der Waals surface area contributed by atoms with Crippen molar-refractivity contribution in [2.75, 3.05) is 4.72 Å². The molecular formula is C27H27FN4O2S. The number of anilines is 1. The topological polar surface area (TPSA) is 87.7 Å². The number of aryl methyl sites for hydroxylation is 1. The highest BCUT2D eigenvalue weighted by molar-refractivity contribution is 7.93. The van der Waals surface area contributed by atoms with Gasteiger partial charge in [0.1, 0.15) is 11.5 Å². The average Bonchev–Trinajstić information content (AvgIpc) is 3.61. The quantitative estimate of drug-likeness (QED) is 0.319. The van der Waals surface area contributed by atoms with Crippen LogP contribution in [0.5, 0.6) is 0 Å². The Hall–Kier alpha value is -3.52. The van der Waals surface area contributed by atoms with Gasteiger partial charge in [-0.2, -0.15) is 0 Å². The van der Waals surface area contributed by atoms with Crippen LogP contribution < -0.4 is 4.72 Å². The minimum Gasteiger partial charge on any atom is -0.340 e. The molecule has 0 radical (unpaired) electrons. The summed E-state index contributed by atoms with van der Waals surface area (Å²) >= 11 is 0. The van der Waals surface area contributed by atoms with Gasteiger partial charge in [0.25, 0.3) is 0 Å². The second-order valence-electron chi connectivity index (χ2n) is 9.23. The molecule has 4 aromatic rings. The van der Waals surface area contributed by atoms with Crippen molar-refractivity contribution in [3.05, 3.63) is 78.0 Å². The summed E-state index contributed by atoms with van der Waals surface area (Å²) in [6, 6.07) is 18.3. The Bertz CT molecular complexity index is 1490. The largest absolute Gasteiger partial charge is 0.340 e. The number of aromatic amines is 1. The van der Waals surface area contributed by atoms with Crippen molar-refractivity contribution in [2.24, 2.45) is 0 Å². The number of halogens is 1. The summed E-state index contributed by atoms with van der Waals surface area (Å²) in [7, 11) is -3.65. The lowest BCUT2D eigenvalue weighted by Crippen LogP contribution is -2.18. The Morgan fingerprint density at radius 1 is 1.00 bits per heavy atom. The highest BCUT2D eigenvalue weighted by Gasteiger charge is 2.36. The van der Waals surface area contributed by atoms with Crippen LogP contribution in [0.1, 0.15) is 44.1 Å². The van der Waals surface area contributed by atoms with Crippen LogP contribution in [0.4, 0.5) is 10.1 Å². The number of nitrogens with one attached hydrogen (secondary N) is 2. The fourth-order valence-corrected chi connectivity index (χ4v) is 5.46. The highest BCUT2D eigenvalue weighted by Crippen LogP contribution is 2.42. The van der Waals surface area contributed by atoms with Gasteiger partial charge in [-0.25, -0.2) is 17.8 Å². The number of rotatable bonds is 7. The maximum absolute atomic E-state index is 16.3. The SMILES string of the molecule is Cc1cccc(-c2[nH]c(C(C)C)nc2-c2c(-c3ccccc3)ccc(NS(=O)(=O)C3CC3)c2F)n1. The summed E-state index contributed by atoms with van der Waals surface area (Å²) < 4.78 is 44.0. The second-order valence-corrected chi connectivity index (χ2v) is 11.2. The lowest BCUT2D eigenvalue weighted by Gasteiger charge is -2.15. The number of pyridine rings is 1. The molecule has 6 nitrogen and oxygen atoms in total. The Morgan fingerprint density at radius 2 is 1.74 bits per heavy atom. The zero-order valence-electron chi connectivity index (χ0n) is 19.8. The molecule has 180 valence electrons. The molecule has 2 aromatic heterocycles. The number of sulfonamides is 1. The van der Waals surface area contributed by atoms with Gasteiger partial charge in [0.15, 0.2) is 5.82 Å². The van der Waals surface area contributed by atoms with Gasteiger partial charge < -0.3 is 4.98 Å². The first-order valence-electron chi connectivity index (χ1n) is 11.7. The standard InChI is InChI=1S/C27H27FN4O2S/c1-16(2)27-30-25(22-11-7-8-17(3)29-22)26(31-27)23-20(18-9-5-4-6-10-18)14-15-21(24(23)28)32-35(33,34)19-12-13-19/h4-11,14-16,19,32H,12-13H2,1-3H3,(H,30,31). The van der Waals surface area contributed by atoms with Crippen molar-refractivity contribution in [2.45, 2.75) is 44.8 Å². The summed E-state index contributed by atoms with van der Waals surface area (Å²) in [5.74, 6) is 0.0964. The van der Waals surface area contributed by atoms with E-state index in [1.807, 2.05) is 69.3 Å². The molecule has 2 aromatic carbocycles. The third kappa shape index (κ3) is 4.58. The molecule has 35 heavy (non-hydrogen) atoms. The number of imidazole rings is 1. The second kappa shape index (κ2) is 8.92. The van der Waals surface area contributed by atoms with E-state index in [1.54, 1.807) is 6.07 Å². The first kappa shape index (κ1) is 23.2. The molecule has 0 atom stereocenters. The normalized spacial score (nSPS) is 13.9. The molecular weight excluding hydrogens is 463 g/mol. The summed E-state index contributed by atoms with van der Waals surface area (Å²) in [4.78, 5) is 12.8. The van der Waals surface area contributed by atoms with Crippen molar-refractivity contribution >= 4 is 15.7 Å². The van der Waals surface area contributed by atoms with Crippen LogP contribution in [0.25, 0.3) is 33.8 Å². The third-order valence-electron chi connectivity index (χ3n) is 6.09. The van der Waals surface area contributed by atoms with Crippen LogP contribution in [-0.2, 0) is 10.0 Å². The van der Waals surface area contributed by atoms with E-state index in [9.17, 15) is 8.42 Å². The van der Waals surface area contributed by atoms with Crippen LogP contribution in [0.2, 0.25) is 0 Å². The van der Waals surface area contributed by atoms with E-state index in [1.165, 1.54) is 6.07 Å². The van der Waals surface area contributed by atoms with Crippen molar-refractivity contribution in [3.63, 3.8) is 0 Å². The number of hydrogen-bond donors (Lipinski definition) is 2. The smallest absolute Gasteiger partial charge is 0.235 e. The number of hydrogen-bond acceptors (Lipinski definition) is 4. The van der Waals surface area contributed by atoms with Crippen LogP contribution >= 0.6 is 0 Å². The van der Waals surface area contributed by atoms with Gasteiger partial charge in [-0.1, -0.05) is 56.3 Å². The van der Waals surface area contributed by atoms with E-state index >= 15 is 4.39 Å². The predicted octanol–water partition coefficient (Wildman–Crippen LogP) is 6.28. The average molecular weight is 491 g/mol. The molecule has 0 bridgehead atoms. The minimum atomic E-state index is -3.65. The number of aromatic nitrogens is 3. The van der Waals surface area contributed by atoms with E-state index in [0.717, 1.165) is 11.3 Å². The summed E-state index contributed by atoms with van der Waals surface area (Å²) in [5, 5.41) is -0.468. The fraction of sp³-hybridized carbons (Fsp3) is 0.259. The van der Waals surface area contributed by atoms with Gasteiger partial charge >= 0.3 is 0 Å². The predicted molar refractivity (Wildman–Crippen MR) is 137 cm³/mol. The Balaban J connectivity index is 1.77. The summed E-state index contributed by atoms with van der Waals surface area (Å²) in [6.45, 7) is 5.90. The van der Waals surface area contributed by atoms with Crippen molar-refractivity contribution in [1.29, 1.82) is 0 Å². The fourth-order valence-electron chi connectivity index (χ4n) is 4.07. The van der Waals surface area contributed by atoms with Crippen molar-refractivity contribution < 1.29 is 12.8 Å². The van der Waals surface area contributed by atoms with Gasteiger partial charge in [0, 0.05) is 17.2 Å². The van der Waals surface area contributed by atoms with Gasteiger partial charge in [-0.15, -0.1) is 0 Å². The molecule has 2 N–H and O–H groups in total. The first-order chi connectivity index (χ1) is 16.7. The van der Waals surface area contributed by atoms with E-state index in [4.69, 9.17) is 4.98 Å². The number of nitrogens with zero attached hydrogens (tertiary/aromatic N) is 2. The van der Waals surface area contributed by atoms with Crippen LogP contribution in [0.15, 0.2) is 60.7 Å². The zero-order valence-corrected chi connectivity index (χ0v) is 20.7. The molecule has 0 aliphatic heterocycles. The van der Waals surface area contributed by atoms with Crippen molar-refractivity contribution in [1.82, 2.24) is 15.0 Å². The number of benzene rings is 2. The molecule has 1 aliphatic rings. The van der Waals surface area contributed by atoms with Gasteiger partial charge in [0.2, 0.25) is 10.0 Å². The minimum absolute atomic E-state index is 0.0621. The molecule has 0 saturated heterocycles. The molecule has 1 saturated carbocycles. The monoisotopic (exact) mass is 490 g/mol. The van der Waals surface area contributed by atoms with Gasteiger partial charge in [0.05, 0.1) is 22.3 Å². The molecule has 0 spiro atoms. The lowest BCUT2D eigenvalue weighted by molar-refractivity contribution is 0.597. The Morgan fingerprint density at radius 3 is 2.40 bits per heavy atom. The first-order valence-corrected chi connectivity index (χ1v) is 13.2. The molecule has 0 amide bonds. The Labute approximate surface area is 204 Å². The Kier molecular flexibility index (Phi) is 5.92. The van der Waals surface area contributed by atoms with E-state index < -0.39 is 21.1 Å². The van der Waals surface area contributed by atoms with E-state index in [0.29, 0.717) is 41.3 Å². The molecule has 8 heteroatoms. The maximum atomic E-state index is 16.3. The molecule has 2 heterocycles. The summed E-state index contributed by atoms with van der Waals surface area (Å²) in [5.41, 5.74) is 4.03. The molecule has 0 unspecified atom stereocenters. The zero-order chi connectivity index (χ0) is 24.7. The third-order valence-corrected chi connectivity index (χ3v) is 7.95. The maximum Gasteiger partial charge on any atom is 0.235 e. The van der Waals surface area contributed by atoms with Crippen LogP contribution in [0, 0.1) is 12.7 Å². The van der Waals surface area contributed by atoms with E-state index in [-0.39, 0.29) is 17.2 Å². The van der Waals surface area contributed by atoms with E-state index in [2.05, 4.69) is 14.7 Å². The lowest BCUT2D eigenvalue weighted by atomic mass is 9.95. The van der Waals surface area contributed by atoms with Crippen LogP contribution in [-0.4, -0.2) is 28.6 Å². The molecule has 1 aliphatic carbocycles. The molecule has 1 fully saturated rings. The number of H-pyrrole nitrogens is 1. The molecule has 5 rings (SSSR count). The summed E-state index contributed by atoms with van der Waals surface area (Å²) in [6.07, 6.45) is 1.18. The van der Waals surface area contributed by atoms with Gasteiger partial charge in [-0.05, 0) is 49.1 Å². The van der Waals surface area contributed by atoms with Crippen molar-refractivity contribution in [3.8, 4) is 33.8 Å².